The van der Waals surface area contributed by atoms with Gasteiger partial charge < -0.3 is 19.9 Å². The van der Waals surface area contributed by atoms with Gasteiger partial charge in [0.25, 0.3) is 0 Å². The summed E-state index contributed by atoms with van der Waals surface area (Å²) in [6.45, 7) is 4.08. The molecule has 0 saturated carbocycles. The van der Waals surface area contributed by atoms with Crippen molar-refractivity contribution in [3.8, 4) is 11.4 Å². The number of methoxy groups -OCH3 is 1. The van der Waals surface area contributed by atoms with Gasteiger partial charge in [-0.15, -0.1) is 0 Å². The van der Waals surface area contributed by atoms with Crippen molar-refractivity contribution in [1.82, 2.24) is 20.0 Å². The number of hydrogen-bond acceptors (Lipinski definition) is 5. The van der Waals surface area contributed by atoms with E-state index in [9.17, 15) is 4.79 Å². The van der Waals surface area contributed by atoms with E-state index in [0.29, 0.717) is 13.1 Å². The van der Waals surface area contributed by atoms with Gasteiger partial charge in [0.15, 0.2) is 0 Å². The van der Waals surface area contributed by atoms with Crippen LogP contribution in [-0.4, -0.2) is 47.3 Å². The molecule has 184 valence electrons. The SMILES string of the molecule is COc1cccc(CN(Cc2ccc(-n3cccn3)cc2)c2cccc(CN3CCNCC3=O)c2)c1. The molecule has 0 spiro atoms. The summed E-state index contributed by atoms with van der Waals surface area (Å²) in [6, 6.07) is 27.1. The molecule has 1 N–H and O–H groups in total. The van der Waals surface area contributed by atoms with Crippen molar-refractivity contribution < 1.29 is 9.53 Å². The number of anilines is 1. The van der Waals surface area contributed by atoms with Gasteiger partial charge in [-0.3, -0.25) is 4.79 Å². The van der Waals surface area contributed by atoms with Crippen LogP contribution in [0.3, 0.4) is 0 Å². The van der Waals surface area contributed by atoms with E-state index in [1.807, 2.05) is 34.0 Å². The van der Waals surface area contributed by atoms with E-state index in [1.165, 1.54) is 11.1 Å². The highest BCUT2D eigenvalue weighted by molar-refractivity contribution is 5.79. The van der Waals surface area contributed by atoms with Gasteiger partial charge in [-0.1, -0.05) is 36.4 Å². The predicted molar refractivity (Wildman–Crippen MR) is 141 cm³/mol. The molecule has 1 aliphatic heterocycles. The van der Waals surface area contributed by atoms with Crippen LogP contribution in [0.25, 0.3) is 5.69 Å². The average Bonchev–Trinajstić information content (AvgIpc) is 3.46. The van der Waals surface area contributed by atoms with Crippen LogP contribution in [0.1, 0.15) is 16.7 Å². The fourth-order valence-electron chi connectivity index (χ4n) is 4.51. The Kier molecular flexibility index (Phi) is 7.28. The number of carbonyl (C=O) groups is 1. The minimum atomic E-state index is 0.150. The Morgan fingerprint density at radius 1 is 0.944 bits per heavy atom. The van der Waals surface area contributed by atoms with E-state index in [1.54, 1.807) is 13.3 Å². The molecule has 4 aromatic rings. The summed E-state index contributed by atoms with van der Waals surface area (Å²) in [6.07, 6.45) is 3.73. The lowest BCUT2D eigenvalue weighted by Crippen LogP contribution is -2.47. The molecule has 0 bridgehead atoms. The van der Waals surface area contributed by atoms with Gasteiger partial charge in [0.2, 0.25) is 5.91 Å². The second-order valence-electron chi connectivity index (χ2n) is 8.99. The number of ether oxygens (including phenoxy) is 1. The van der Waals surface area contributed by atoms with Crippen LogP contribution in [-0.2, 0) is 24.4 Å². The Bertz CT molecular complexity index is 1290. The van der Waals surface area contributed by atoms with Crippen LogP contribution in [0, 0.1) is 0 Å². The Morgan fingerprint density at radius 3 is 2.53 bits per heavy atom. The monoisotopic (exact) mass is 481 g/mol. The Morgan fingerprint density at radius 2 is 1.75 bits per heavy atom. The lowest BCUT2D eigenvalue weighted by molar-refractivity contribution is -0.132. The topological polar surface area (TPSA) is 62.6 Å². The van der Waals surface area contributed by atoms with Gasteiger partial charge in [-0.25, -0.2) is 4.68 Å². The van der Waals surface area contributed by atoms with Gasteiger partial charge in [0.1, 0.15) is 5.75 Å². The maximum atomic E-state index is 12.3. The summed E-state index contributed by atoms with van der Waals surface area (Å²) in [5.41, 5.74) is 5.66. The third-order valence-electron chi connectivity index (χ3n) is 6.42. The highest BCUT2D eigenvalue weighted by atomic mass is 16.5. The van der Waals surface area contributed by atoms with E-state index >= 15 is 0 Å². The van der Waals surface area contributed by atoms with Gasteiger partial charge >= 0.3 is 0 Å². The molecule has 1 aliphatic rings. The minimum absolute atomic E-state index is 0.150. The Hall–Kier alpha value is -4.10. The average molecular weight is 482 g/mol. The number of carbonyl (C=O) groups excluding carboxylic acids is 1. The summed E-state index contributed by atoms with van der Waals surface area (Å²) in [4.78, 5) is 16.6. The number of nitrogens with zero attached hydrogens (tertiary/aromatic N) is 4. The zero-order valence-electron chi connectivity index (χ0n) is 20.5. The molecule has 1 aromatic heterocycles. The first-order valence-electron chi connectivity index (χ1n) is 12.2. The van der Waals surface area contributed by atoms with Gasteiger partial charge in [-0.2, -0.15) is 5.10 Å². The number of aromatic nitrogens is 2. The van der Waals surface area contributed by atoms with Gasteiger partial charge in [0.05, 0.1) is 19.3 Å². The van der Waals surface area contributed by atoms with Crippen molar-refractivity contribution in [2.24, 2.45) is 0 Å². The minimum Gasteiger partial charge on any atom is -0.497 e. The molecule has 0 unspecified atom stereocenters. The predicted octanol–water partition coefficient (Wildman–Crippen LogP) is 4.02. The number of piperazine rings is 1. The molecule has 1 saturated heterocycles. The molecule has 36 heavy (non-hydrogen) atoms. The molecular formula is C29H31N5O2. The molecule has 0 radical (unpaired) electrons. The van der Waals surface area contributed by atoms with Crippen molar-refractivity contribution in [3.63, 3.8) is 0 Å². The molecule has 2 heterocycles. The normalized spacial score (nSPS) is 13.6. The van der Waals surface area contributed by atoms with E-state index in [2.05, 4.69) is 76.0 Å². The molecule has 7 heteroatoms. The van der Waals surface area contributed by atoms with E-state index < -0.39 is 0 Å². The fourth-order valence-corrected chi connectivity index (χ4v) is 4.51. The lowest BCUT2D eigenvalue weighted by Gasteiger charge is -2.29. The summed E-state index contributed by atoms with van der Waals surface area (Å²) in [5.74, 6) is 0.999. The van der Waals surface area contributed by atoms with Crippen molar-refractivity contribution in [2.45, 2.75) is 19.6 Å². The van der Waals surface area contributed by atoms with E-state index in [-0.39, 0.29) is 5.91 Å². The molecule has 0 aliphatic carbocycles. The highest BCUT2D eigenvalue weighted by Crippen LogP contribution is 2.24. The van der Waals surface area contributed by atoms with Gasteiger partial charge in [0, 0.05) is 50.8 Å². The maximum absolute atomic E-state index is 12.3. The molecule has 3 aromatic carbocycles. The van der Waals surface area contributed by atoms with Crippen LogP contribution in [0.15, 0.2) is 91.3 Å². The summed E-state index contributed by atoms with van der Waals surface area (Å²) in [7, 11) is 1.69. The first kappa shape index (κ1) is 23.6. The Labute approximate surface area is 211 Å². The standard InChI is InChI=1S/C29H31N5O2/c1-36-28-8-3-6-25(18-28)22-33(20-23-9-11-26(12-10-23)34-15-4-13-31-34)27-7-2-5-24(17-27)21-32-16-14-30-19-29(32)35/h2-13,15,17-18,30H,14,16,19-22H2,1H3. The van der Waals surface area contributed by atoms with Crippen LogP contribution in [0.2, 0.25) is 0 Å². The zero-order chi connectivity index (χ0) is 24.7. The summed E-state index contributed by atoms with van der Waals surface area (Å²) >= 11 is 0. The lowest BCUT2D eigenvalue weighted by atomic mass is 10.1. The number of hydrogen-bond donors (Lipinski definition) is 1. The number of nitrogens with one attached hydrogen (secondary N) is 1. The highest BCUT2D eigenvalue weighted by Gasteiger charge is 2.18. The van der Waals surface area contributed by atoms with E-state index in [0.717, 1.165) is 48.9 Å². The molecular weight excluding hydrogens is 450 g/mol. The molecule has 0 atom stereocenters. The van der Waals surface area contributed by atoms with Crippen LogP contribution in [0.4, 0.5) is 5.69 Å². The Balaban J connectivity index is 1.40. The smallest absolute Gasteiger partial charge is 0.236 e. The quantitative estimate of drug-likeness (QED) is 0.391. The van der Waals surface area contributed by atoms with Crippen molar-refractivity contribution in [1.29, 1.82) is 0 Å². The number of rotatable bonds is 9. The van der Waals surface area contributed by atoms with Crippen molar-refractivity contribution in [2.75, 3.05) is 31.6 Å². The van der Waals surface area contributed by atoms with Crippen molar-refractivity contribution >= 4 is 11.6 Å². The molecule has 5 rings (SSSR count). The maximum Gasteiger partial charge on any atom is 0.236 e. The van der Waals surface area contributed by atoms with Crippen LogP contribution < -0.4 is 15.0 Å². The fraction of sp³-hybridized carbons (Fsp3) is 0.241. The summed E-state index contributed by atoms with van der Waals surface area (Å²) < 4.78 is 7.31. The third-order valence-corrected chi connectivity index (χ3v) is 6.42. The number of benzene rings is 3. The third kappa shape index (κ3) is 5.75. The molecule has 1 fully saturated rings. The van der Waals surface area contributed by atoms with Gasteiger partial charge in [-0.05, 0) is 59.2 Å². The van der Waals surface area contributed by atoms with Crippen LogP contribution in [0.5, 0.6) is 5.75 Å². The van der Waals surface area contributed by atoms with Crippen molar-refractivity contribution in [3.05, 3.63) is 108 Å². The molecule has 1 amide bonds. The second-order valence-corrected chi connectivity index (χ2v) is 8.99. The first-order chi connectivity index (χ1) is 17.7. The zero-order valence-corrected chi connectivity index (χ0v) is 20.5. The second kappa shape index (κ2) is 11.1. The summed E-state index contributed by atoms with van der Waals surface area (Å²) in [5, 5.41) is 7.46. The first-order valence-corrected chi connectivity index (χ1v) is 12.2. The largest absolute Gasteiger partial charge is 0.497 e. The molecule has 7 nitrogen and oxygen atoms in total. The number of amides is 1. The van der Waals surface area contributed by atoms with E-state index in [4.69, 9.17) is 4.74 Å². The van der Waals surface area contributed by atoms with Crippen LogP contribution >= 0.6 is 0 Å².